The van der Waals surface area contributed by atoms with E-state index in [-0.39, 0.29) is 17.1 Å². The third kappa shape index (κ3) is 6.22. The van der Waals surface area contributed by atoms with E-state index in [2.05, 4.69) is 28.3 Å². The predicted molar refractivity (Wildman–Crippen MR) is 116 cm³/mol. The maximum absolute atomic E-state index is 12.1. The normalized spacial score (nSPS) is 36.6. The van der Waals surface area contributed by atoms with Crippen molar-refractivity contribution in [2.24, 2.45) is 0 Å². The van der Waals surface area contributed by atoms with E-state index in [0.717, 1.165) is 10.9 Å². The summed E-state index contributed by atoms with van der Waals surface area (Å²) in [5.74, 6) is -0.292. The fourth-order valence-corrected chi connectivity index (χ4v) is 5.92. The van der Waals surface area contributed by atoms with Gasteiger partial charge in [0.25, 0.3) is 21.2 Å². The number of hydrogen-bond acceptors (Lipinski definition) is 19. The van der Waals surface area contributed by atoms with Crippen molar-refractivity contribution >= 4 is 32.8 Å². The van der Waals surface area contributed by atoms with Gasteiger partial charge in [-0.15, -0.1) is 0 Å². The summed E-state index contributed by atoms with van der Waals surface area (Å²) in [6.07, 6.45) is -15.5. The number of aromatic amines is 1. The van der Waals surface area contributed by atoms with Gasteiger partial charge >= 0.3 is 0 Å². The molecule has 0 aromatic carbocycles. The van der Waals surface area contributed by atoms with Crippen LogP contribution in [0, 0.1) is 0 Å². The fourth-order valence-electron chi connectivity index (χ4n) is 3.84. The summed E-state index contributed by atoms with van der Waals surface area (Å²) in [5.41, 5.74) is 4.48. The van der Waals surface area contributed by atoms with Gasteiger partial charge < -0.3 is 60.2 Å². The number of aliphatic hydroxyl groups excluding tert-OH is 6. The lowest BCUT2D eigenvalue weighted by Crippen LogP contribution is -2.59. The van der Waals surface area contributed by atoms with E-state index < -0.39 is 89.7 Å². The van der Waals surface area contributed by atoms with E-state index in [1.165, 1.54) is 0 Å². The first-order valence-corrected chi connectivity index (χ1v) is 13.8. The van der Waals surface area contributed by atoms with Crippen molar-refractivity contribution in [1.82, 2.24) is 19.5 Å². The molecule has 220 valence electrons. The molecular formula is C16H23N5O16P2-2. The Morgan fingerprint density at radius 3 is 2.36 bits per heavy atom. The van der Waals surface area contributed by atoms with Crippen molar-refractivity contribution < 1.29 is 72.4 Å². The number of H-pyrrole nitrogens is 1. The molecule has 2 aromatic heterocycles. The minimum absolute atomic E-state index is 0.135. The van der Waals surface area contributed by atoms with E-state index in [1.807, 2.05) is 0 Å². The minimum Gasteiger partial charge on any atom is -0.756 e. The lowest BCUT2D eigenvalue weighted by atomic mass is 10.00. The Balaban J connectivity index is 1.39. The highest BCUT2D eigenvalue weighted by Gasteiger charge is 2.47. The van der Waals surface area contributed by atoms with Gasteiger partial charge in [-0.1, -0.05) is 0 Å². The highest BCUT2D eigenvalue weighted by molar-refractivity contribution is 7.59. The Bertz CT molecular complexity index is 1340. The van der Waals surface area contributed by atoms with Gasteiger partial charge in [0, 0.05) is 0 Å². The Kier molecular flexibility index (Phi) is 8.60. The van der Waals surface area contributed by atoms with Gasteiger partial charge in [0.2, 0.25) is 5.95 Å². The molecule has 0 saturated carbocycles. The summed E-state index contributed by atoms with van der Waals surface area (Å²) in [6.45, 7) is -2.01. The summed E-state index contributed by atoms with van der Waals surface area (Å²) in [4.78, 5) is 46.1. The standard InChI is InChI=1S/C16H25N5O16P2/c17-16-19-12-6(13(28)20-16)18-3-21(12)14-10(26)8(24)5(34-14)2-33-38(29,30)37-39(31,32)36-15-11(27)9(25)7(23)4(1-22)35-15/h3-5,7-11,14-15,22-27H,1-2H2,(H,29,30)(H,31,32)(H3,17,19,20,28)/p-2/t4-,5-,7-,8-,9+,10-,11+,14-,15?/m1/s1. The smallest absolute Gasteiger partial charge is 0.280 e. The number of nitrogens with one attached hydrogen (secondary N) is 1. The van der Waals surface area contributed by atoms with Crippen molar-refractivity contribution in [1.29, 1.82) is 0 Å². The van der Waals surface area contributed by atoms with E-state index >= 15 is 0 Å². The van der Waals surface area contributed by atoms with Crippen molar-refractivity contribution in [2.45, 2.75) is 55.2 Å². The lowest BCUT2D eigenvalue weighted by Gasteiger charge is -2.41. The summed E-state index contributed by atoms with van der Waals surface area (Å²) in [6, 6.07) is 0. The van der Waals surface area contributed by atoms with E-state index in [0.29, 0.717) is 0 Å². The molecular weight excluding hydrogens is 580 g/mol. The van der Waals surface area contributed by atoms with Crippen LogP contribution in [0.15, 0.2) is 11.1 Å². The van der Waals surface area contributed by atoms with Gasteiger partial charge in [-0.05, 0) is 0 Å². The number of aliphatic hydroxyl groups is 6. The molecule has 4 rings (SSSR count). The van der Waals surface area contributed by atoms with Crippen LogP contribution in [-0.4, -0.2) is 112 Å². The molecule has 0 spiro atoms. The van der Waals surface area contributed by atoms with E-state index in [1.54, 1.807) is 0 Å². The monoisotopic (exact) mass is 603 g/mol. The molecule has 0 amide bonds. The molecule has 3 unspecified atom stereocenters. The number of imidazole rings is 1. The third-order valence-corrected chi connectivity index (χ3v) is 8.27. The zero-order chi connectivity index (χ0) is 28.9. The maximum Gasteiger partial charge on any atom is 0.280 e. The molecule has 2 fully saturated rings. The third-order valence-electron chi connectivity index (χ3n) is 5.74. The van der Waals surface area contributed by atoms with Crippen molar-refractivity contribution in [3.8, 4) is 0 Å². The predicted octanol–water partition coefficient (Wildman–Crippen LogP) is -5.89. The number of hydrogen-bond donors (Lipinski definition) is 8. The first kappa shape index (κ1) is 30.1. The molecule has 23 heteroatoms. The number of nitrogen functional groups attached to an aromatic ring is 1. The second kappa shape index (κ2) is 11.2. The zero-order valence-corrected chi connectivity index (χ0v) is 21.1. The zero-order valence-electron chi connectivity index (χ0n) is 19.3. The molecule has 21 nitrogen and oxygen atoms in total. The summed E-state index contributed by atoms with van der Waals surface area (Å²) in [7, 11) is -11.7. The number of fused-ring (bicyclic) bond motifs is 1. The number of nitrogens with two attached hydrogens (primary N) is 1. The van der Waals surface area contributed by atoms with E-state index in [4.69, 9.17) is 20.3 Å². The largest absolute Gasteiger partial charge is 0.756 e. The number of ether oxygens (including phenoxy) is 2. The molecule has 2 aliphatic rings. The number of phosphoric acid groups is 2. The van der Waals surface area contributed by atoms with Crippen molar-refractivity contribution in [2.75, 3.05) is 18.9 Å². The van der Waals surface area contributed by atoms with Crippen LogP contribution in [0.5, 0.6) is 0 Å². The fraction of sp³-hybridized carbons (Fsp3) is 0.688. The number of anilines is 1. The number of rotatable bonds is 9. The molecule has 2 saturated heterocycles. The second-order valence-corrected chi connectivity index (χ2v) is 11.3. The van der Waals surface area contributed by atoms with E-state index in [9.17, 15) is 49.2 Å². The molecule has 9 N–H and O–H groups in total. The maximum atomic E-state index is 12.1. The topological polar surface area (TPSA) is 337 Å². The van der Waals surface area contributed by atoms with Crippen LogP contribution >= 0.6 is 15.6 Å². The number of phosphoric ester groups is 2. The van der Waals surface area contributed by atoms with Crippen LogP contribution in [0.1, 0.15) is 6.23 Å². The SMILES string of the molecule is Nc1nc2c(ncn2[C@@H]2O[C@H](COP(=O)([O-])OP(=O)([O-])OC3O[C@H](CO)[C@@H](O)[C@H](O)[C@@H]3O)[C@@H](O)[C@H]2O)c(=O)[nH]1. The van der Waals surface area contributed by atoms with Gasteiger partial charge in [-0.3, -0.25) is 28.0 Å². The van der Waals surface area contributed by atoms with Crippen LogP contribution in [0.25, 0.3) is 11.2 Å². The molecule has 0 bridgehead atoms. The molecule has 39 heavy (non-hydrogen) atoms. The molecule has 2 aromatic rings. The average molecular weight is 603 g/mol. The number of aromatic nitrogens is 4. The highest BCUT2D eigenvalue weighted by Crippen LogP contribution is 2.57. The first-order valence-electron chi connectivity index (χ1n) is 10.8. The first-order chi connectivity index (χ1) is 18.1. The lowest BCUT2D eigenvalue weighted by molar-refractivity contribution is -0.305. The molecule has 4 heterocycles. The summed E-state index contributed by atoms with van der Waals surface area (Å²) >= 11 is 0. The van der Waals surface area contributed by atoms with Gasteiger partial charge in [0.15, 0.2) is 23.7 Å². The van der Waals surface area contributed by atoms with Gasteiger partial charge in [-0.25, -0.2) is 9.29 Å². The van der Waals surface area contributed by atoms with Crippen LogP contribution in [0.4, 0.5) is 5.95 Å². The quantitative estimate of drug-likeness (QED) is 0.124. The van der Waals surface area contributed by atoms with Crippen LogP contribution in [0.2, 0.25) is 0 Å². The Morgan fingerprint density at radius 1 is 1.03 bits per heavy atom. The van der Waals surface area contributed by atoms with Crippen molar-refractivity contribution in [3.63, 3.8) is 0 Å². The van der Waals surface area contributed by atoms with Gasteiger partial charge in [0.1, 0.15) is 42.7 Å². The summed E-state index contributed by atoms with van der Waals surface area (Å²) in [5, 5.41) is 59.1. The highest BCUT2D eigenvalue weighted by atomic mass is 31.3. The Hall–Kier alpha value is -1.91. The molecule has 11 atom stereocenters. The average Bonchev–Trinajstić information content (AvgIpc) is 3.38. The molecule has 0 aliphatic carbocycles. The van der Waals surface area contributed by atoms with Gasteiger partial charge in [-0.2, -0.15) is 4.98 Å². The Labute approximate surface area is 216 Å². The summed E-state index contributed by atoms with van der Waals surface area (Å²) < 4.78 is 48.1. The molecule has 2 aliphatic heterocycles. The molecule has 0 radical (unpaired) electrons. The van der Waals surface area contributed by atoms with Crippen LogP contribution in [0.3, 0.4) is 0 Å². The van der Waals surface area contributed by atoms with Crippen molar-refractivity contribution in [3.05, 3.63) is 16.7 Å². The van der Waals surface area contributed by atoms with Gasteiger partial charge in [0.05, 0.1) is 19.5 Å². The Morgan fingerprint density at radius 2 is 1.69 bits per heavy atom. The second-order valence-electron chi connectivity index (χ2n) is 8.40. The minimum atomic E-state index is -5.91. The number of nitrogens with zero attached hydrogens (tertiary/aromatic N) is 3. The van der Waals surface area contributed by atoms with Crippen LogP contribution < -0.4 is 21.1 Å². The van der Waals surface area contributed by atoms with Crippen LogP contribution in [-0.2, 0) is 32.0 Å².